The predicted octanol–water partition coefficient (Wildman–Crippen LogP) is 4.35. The highest BCUT2D eigenvalue weighted by atomic mass is 35.5. The second-order valence-electron chi connectivity index (χ2n) is 6.87. The summed E-state index contributed by atoms with van der Waals surface area (Å²) in [6.45, 7) is 1.04. The Kier molecular flexibility index (Phi) is 5.87. The number of amides is 2. The van der Waals surface area contributed by atoms with Gasteiger partial charge >= 0.3 is 0 Å². The van der Waals surface area contributed by atoms with Crippen molar-refractivity contribution in [2.75, 3.05) is 18.4 Å². The molecule has 148 valence electrons. The molecule has 0 spiro atoms. The average molecular weight is 427 g/mol. The number of piperidine rings is 1. The standard InChI is InChI=1S/C21H19ClN4O2S/c22-17-7-5-14(6-8-17)20(28)26-10-2-4-16(12-26)19(27)25-21-24-18(13-29-21)15-3-1-9-23-11-15/h1,3,5-9,11,13,16H,2,4,10,12H2,(H,24,25,27)/t16-/m1/s1. The van der Waals surface area contributed by atoms with E-state index in [0.29, 0.717) is 28.8 Å². The largest absolute Gasteiger partial charge is 0.338 e. The van der Waals surface area contributed by atoms with Gasteiger partial charge in [0.25, 0.3) is 5.91 Å². The molecule has 2 aromatic heterocycles. The summed E-state index contributed by atoms with van der Waals surface area (Å²) < 4.78 is 0. The molecule has 1 atom stereocenters. The number of nitrogens with zero attached hydrogens (tertiary/aromatic N) is 3. The number of halogens is 1. The Morgan fingerprint density at radius 1 is 1.21 bits per heavy atom. The maximum atomic E-state index is 12.8. The van der Waals surface area contributed by atoms with Crippen LogP contribution in [0.5, 0.6) is 0 Å². The average Bonchev–Trinajstić information content (AvgIpc) is 3.23. The second kappa shape index (κ2) is 8.71. The monoisotopic (exact) mass is 426 g/mol. The number of nitrogens with one attached hydrogen (secondary N) is 1. The summed E-state index contributed by atoms with van der Waals surface area (Å²) in [4.78, 5) is 35.8. The number of carbonyl (C=O) groups excluding carboxylic acids is 2. The van der Waals surface area contributed by atoms with Crippen LogP contribution in [-0.2, 0) is 4.79 Å². The van der Waals surface area contributed by atoms with E-state index in [0.717, 1.165) is 24.1 Å². The van der Waals surface area contributed by atoms with E-state index in [1.165, 1.54) is 11.3 Å². The molecule has 1 aromatic carbocycles. The molecule has 0 unspecified atom stereocenters. The molecule has 1 aliphatic heterocycles. The third kappa shape index (κ3) is 4.63. The molecule has 6 nitrogen and oxygen atoms in total. The van der Waals surface area contributed by atoms with E-state index in [2.05, 4.69) is 15.3 Å². The number of thiazole rings is 1. The Morgan fingerprint density at radius 3 is 2.79 bits per heavy atom. The molecule has 1 fully saturated rings. The fraction of sp³-hybridized carbons (Fsp3) is 0.238. The number of pyridine rings is 1. The van der Waals surface area contributed by atoms with Crippen LogP contribution in [0, 0.1) is 5.92 Å². The van der Waals surface area contributed by atoms with E-state index in [1.54, 1.807) is 41.6 Å². The molecule has 2 amide bonds. The minimum absolute atomic E-state index is 0.0766. The highest BCUT2D eigenvalue weighted by Crippen LogP contribution is 2.26. The van der Waals surface area contributed by atoms with Crippen LogP contribution in [0.15, 0.2) is 54.2 Å². The van der Waals surface area contributed by atoms with Crippen LogP contribution in [0.1, 0.15) is 23.2 Å². The van der Waals surface area contributed by atoms with Gasteiger partial charge in [0.2, 0.25) is 5.91 Å². The predicted molar refractivity (Wildman–Crippen MR) is 114 cm³/mol. The van der Waals surface area contributed by atoms with E-state index >= 15 is 0 Å². The number of anilines is 1. The first kappa shape index (κ1) is 19.5. The van der Waals surface area contributed by atoms with Gasteiger partial charge in [-0.05, 0) is 49.2 Å². The van der Waals surface area contributed by atoms with Crippen molar-refractivity contribution in [3.05, 3.63) is 64.8 Å². The molecule has 3 heterocycles. The summed E-state index contributed by atoms with van der Waals surface area (Å²) in [6.07, 6.45) is 4.98. The molecule has 0 radical (unpaired) electrons. The SMILES string of the molecule is O=C(Nc1nc(-c2cccnc2)cs1)[C@@H]1CCCN(C(=O)c2ccc(Cl)cc2)C1. The summed E-state index contributed by atoms with van der Waals surface area (Å²) in [7, 11) is 0. The van der Waals surface area contributed by atoms with Gasteiger partial charge in [0.1, 0.15) is 0 Å². The first-order valence-electron chi connectivity index (χ1n) is 9.32. The topological polar surface area (TPSA) is 75.2 Å². The molecule has 1 N–H and O–H groups in total. The van der Waals surface area contributed by atoms with Crippen LogP contribution in [0.25, 0.3) is 11.3 Å². The van der Waals surface area contributed by atoms with Gasteiger partial charge in [0.15, 0.2) is 5.13 Å². The number of likely N-dealkylation sites (tertiary alicyclic amines) is 1. The van der Waals surface area contributed by atoms with E-state index < -0.39 is 0 Å². The normalized spacial score (nSPS) is 16.4. The molecule has 8 heteroatoms. The van der Waals surface area contributed by atoms with Gasteiger partial charge in [-0.2, -0.15) is 0 Å². The Balaban J connectivity index is 1.39. The van der Waals surface area contributed by atoms with Crippen LogP contribution < -0.4 is 5.32 Å². The number of benzene rings is 1. The first-order valence-corrected chi connectivity index (χ1v) is 10.6. The van der Waals surface area contributed by atoms with Crippen molar-refractivity contribution in [1.82, 2.24) is 14.9 Å². The fourth-order valence-electron chi connectivity index (χ4n) is 3.34. The quantitative estimate of drug-likeness (QED) is 0.673. The van der Waals surface area contributed by atoms with Crippen molar-refractivity contribution in [1.29, 1.82) is 0 Å². The van der Waals surface area contributed by atoms with Gasteiger partial charge < -0.3 is 10.2 Å². The molecule has 0 aliphatic carbocycles. The second-order valence-corrected chi connectivity index (χ2v) is 8.16. The van der Waals surface area contributed by atoms with Gasteiger partial charge in [-0.25, -0.2) is 4.98 Å². The first-order chi connectivity index (χ1) is 14.1. The lowest BCUT2D eigenvalue weighted by molar-refractivity contribution is -0.121. The molecule has 3 aromatic rings. The molecule has 1 saturated heterocycles. The van der Waals surface area contributed by atoms with Crippen LogP contribution in [0.2, 0.25) is 5.02 Å². The molecule has 29 heavy (non-hydrogen) atoms. The third-order valence-corrected chi connectivity index (χ3v) is 5.87. The third-order valence-electron chi connectivity index (χ3n) is 4.86. The van der Waals surface area contributed by atoms with Crippen molar-refractivity contribution >= 4 is 39.9 Å². The van der Waals surface area contributed by atoms with Gasteiger partial charge in [-0.15, -0.1) is 11.3 Å². The Labute approximate surface area is 177 Å². The maximum Gasteiger partial charge on any atom is 0.253 e. The van der Waals surface area contributed by atoms with Crippen molar-refractivity contribution in [3.8, 4) is 11.3 Å². The smallest absolute Gasteiger partial charge is 0.253 e. The molecule has 4 rings (SSSR count). The maximum absolute atomic E-state index is 12.8. The number of rotatable bonds is 4. The molecule has 1 aliphatic rings. The highest BCUT2D eigenvalue weighted by molar-refractivity contribution is 7.14. The van der Waals surface area contributed by atoms with Crippen molar-refractivity contribution in [3.63, 3.8) is 0 Å². The van der Waals surface area contributed by atoms with Crippen LogP contribution >= 0.6 is 22.9 Å². The van der Waals surface area contributed by atoms with E-state index in [-0.39, 0.29) is 17.7 Å². The fourth-order valence-corrected chi connectivity index (χ4v) is 4.18. The number of hydrogen-bond acceptors (Lipinski definition) is 5. The summed E-state index contributed by atoms with van der Waals surface area (Å²) in [5, 5.41) is 5.93. The summed E-state index contributed by atoms with van der Waals surface area (Å²) >= 11 is 7.28. The lowest BCUT2D eigenvalue weighted by Crippen LogP contribution is -2.43. The zero-order chi connectivity index (χ0) is 20.2. The van der Waals surface area contributed by atoms with Gasteiger partial charge in [0.05, 0.1) is 11.6 Å². The lowest BCUT2D eigenvalue weighted by Gasteiger charge is -2.32. The molecule has 0 saturated carbocycles. The van der Waals surface area contributed by atoms with Crippen molar-refractivity contribution in [2.24, 2.45) is 5.92 Å². The van der Waals surface area contributed by atoms with Crippen LogP contribution in [0.3, 0.4) is 0 Å². The van der Waals surface area contributed by atoms with Gasteiger partial charge in [-0.3, -0.25) is 14.6 Å². The van der Waals surface area contributed by atoms with Gasteiger partial charge in [-0.1, -0.05) is 11.6 Å². The zero-order valence-corrected chi connectivity index (χ0v) is 17.1. The van der Waals surface area contributed by atoms with Crippen molar-refractivity contribution in [2.45, 2.75) is 12.8 Å². The van der Waals surface area contributed by atoms with Crippen molar-refractivity contribution < 1.29 is 9.59 Å². The van der Waals surface area contributed by atoms with Crippen LogP contribution in [-0.4, -0.2) is 39.8 Å². The van der Waals surface area contributed by atoms with E-state index in [9.17, 15) is 9.59 Å². The van der Waals surface area contributed by atoms with Gasteiger partial charge in [0, 0.05) is 47.0 Å². The van der Waals surface area contributed by atoms with Crippen LogP contribution in [0.4, 0.5) is 5.13 Å². The summed E-state index contributed by atoms with van der Waals surface area (Å²) in [5.74, 6) is -0.441. The Bertz CT molecular complexity index is 1010. The minimum Gasteiger partial charge on any atom is -0.338 e. The Morgan fingerprint density at radius 2 is 2.03 bits per heavy atom. The summed E-state index contributed by atoms with van der Waals surface area (Å²) in [6, 6.07) is 10.6. The Hall–Kier alpha value is -2.77. The number of hydrogen-bond donors (Lipinski definition) is 1. The molecular weight excluding hydrogens is 408 g/mol. The van der Waals surface area contributed by atoms with E-state index in [4.69, 9.17) is 11.6 Å². The lowest BCUT2D eigenvalue weighted by atomic mass is 9.96. The van der Waals surface area contributed by atoms with E-state index in [1.807, 2.05) is 17.5 Å². The molecular formula is C21H19ClN4O2S. The minimum atomic E-state index is -0.259. The number of carbonyl (C=O) groups is 2. The zero-order valence-electron chi connectivity index (χ0n) is 15.5. The highest BCUT2D eigenvalue weighted by Gasteiger charge is 2.29. The number of aromatic nitrogens is 2. The summed E-state index contributed by atoms with van der Waals surface area (Å²) in [5.41, 5.74) is 2.26. The molecule has 0 bridgehead atoms.